The summed E-state index contributed by atoms with van der Waals surface area (Å²) >= 11 is 6.37. The maximum absolute atomic E-state index is 14.6. The first-order chi connectivity index (χ1) is 15.8. The lowest BCUT2D eigenvalue weighted by molar-refractivity contribution is -0.132. The van der Waals surface area contributed by atoms with Crippen LogP contribution in [0.3, 0.4) is 0 Å². The molecule has 0 unspecified atom stereocenters. The van der Waals surface area contributed by atoms with Crippen LogP contribution in [0.25, 0.3) is 22.5 Å². The third-order valence-electron chi connectivity index (χ3n) is 5.51. The fourth-order valence-electron chi connectivity index (χ4n) is 3.83. The number of carbonyl (C=O) groups is 1. The van der Waals surface area contributed by atoms with Crippen molar-refractivity contribution in [2.75, 3.05) is 31.1 Å². The average molecular weight is 472 g/mol. The number of benzene rings is 1. The summed E-state index contributed by atoms with van der Waals surface area (Å²) in [5.74, 6) is -0.342. The van der Waals surface area contributed by atoms with E-state index in [0.29, 0.717) is 60.6 Å². The smallest absolute Gasteiger partial charge is 0.222 e. The molecule has 6 nitrogen and oxygen atoms in total. The Morgan fingerprint density at radius 3 is 2.48 bits per heavy atom. The normalized spacial score (nSPS) is 14.1. The van der Waals surface area contributed by atoms with Crippen LogP contribution in [-0.2, 0) is 4.79 Å². The largest absolute Gasteiger partial charge is 0.352 e. The van der Waals surface area contributed by atoms with Crippen LogP contribution in [-0.4, -0.2) is 51.9 Å². The van der Waals surface area contributed by atoms with E-state index in [1.165, 1.54) is 18.3 Å². The van der Waals surface area contributed by atoms with E-state index < -0.39 is 11.6 Å². The minimum atomic E-state index is -0.735. The highest BCUT2D eigenvalue weighted by Gasteiger charge is 2.24. The Morgan fingerprint density at radius 2 is 1.82 bits per heavy atom. The first kappa shape index (κ1) is 23.0. The predicted molar refractivity (Wildman–Crippen MR) is 124 cm³/mol. The Morgan fingerprint density at radius 1 is 1.06 bits per heavy atom. The number of amides is 1. The monoisotopic (exact) mass is 471 g/mol. The van der Waals surface area contributed by atoms with E-state index in [0.717, 1.165) is 6.07 Å². The van der Waals surface area contributed by atoms with Crippen LogP contribution in [0.1, 0.15) is 20.3 Å². The third-order valence-corrected chi connectivity index (χ3v) is 5.81. The lowest BCUT2D eigenvalue weighted by Crippen LogP contribution is -2.49. The molecule has 1 aliphatic rings. The van der Waals surface area contributed by atoms with Gasteiger partial charge in [0.2, 0.25) is 5.91 Å². The molecule has 0 aliphatic carbocycles. The van der Waals surface area contributed by atoms with Gasteiger partial charge in [-0.15, -0.1) is 0 Å². The fraction of sp³-hybridized carbons (Fsp3) is 0.333. The quantitative estimate of drug-likeness (QED) is 0.533. The standard InChI is InChI=1S/C24H24ClF2N5O/c1-15(2)11-22(33)32-9-7-31(8-10-32)21-14-29-23(18-4-3-16(26)12-20(18)27)24(30-21)17-5-6-28-13-19(17)25/h3-6,12-15H,7-11H2,1-2H3. The molecule has 1 aromatic carbocycles. The zero-order chi connectivity index (χ0) is 23.5. The van der Waals surface area contributed by atoms with E-state index in [2.05, 4.69) is 9.97 Å². The molecule has 33 heavy (non-hydrogen) atoms. The highest BCUT2D eigenvalue weighted by molar-refractivity contribution is 6.33. The summed E-state index contributed by atoms with van der Waals surface area (Å²) in [4.78, 5) is 29.6. The molecular formula is C24H24ClF2N5O. The molecule has 9 heteroatoms. The van der Waals surface area contributed by atoms with Gasteiger partial charge in [0.1, 0.15) is 23.1 Å². The van der Waals surface area contributed by atoms with Crippen molar-refractivity contribution < 1.29 is 13.6 Å². The van der Waals surface area contributed by atoms with Gasteiger partial charge in [0, 0.05) is 62.2 Å². The van der Waals surface area contributed by atoms with Gasteiger partial charge in [-0.25, -0.2) is 18.7 Å². The van der Waals surface area contributed by atoms with Gasteiger partial charge in [-0.1, -0.05) is 25.4 Å². The van der Waals surface area contributed by atoms with Crippen molar-refractivity contribution in [3.63, 3.8) is 0 Å². The highest BCUT2D eigenvalue weighted by atomic mass is 35.5. The zero-order valence-corrected chi connectivity index (χ0v) is 19.2. The SMILES string of the molecule is CC(C)CC(=O)N1CCN(c2cnc(-c3ccc(F)cc3F)c(-c3ccncc3Cl)n2)CC1. The van der Waals surface area contributed by atoms with Crippen molar-refractivity contribution in [3.05, 3.63) is 59.5 Å². The molecule has 1 saturated heterocycles. The van der Waals surface area contributed by atoms with Gasteiger partial charge in [-0.3, -0.25) is 9.78 Å². The van der Waals surface area contributed by atoms with Gasteiger partial charge in [0.15, 0.2) is 0 Å². The zero-order valence-electron chi connectivity index (χ0n) is 18.4. The van der Waals surface area contributed by atoms with Gasteiger partial charge in [0.05, 0.1) is 16.9 Å². The summed E-state index contributed by atoms with van der Waals surface area (Å²) in [6.45, 7) is 6.44. The molecule has 1 aliphatic heterocycles. The molecule has 0 atom stereocenters. The van der Waals surface area contributed by atoms with Gasteiger partial charge in [-0.05, 0) is 24.1 Å². The van der Waals surface area contributed by atoms with Crippen molar-refractivity contribution in [1.29, 1.82) is 0 Å². The molecule has 3 aromatic rings. The molecule has 2 aromatic heterocycles. The molecule has 0 N–H and O–H groups in total. The van der Waals surface area contributed by atoms with E-state index in [4.69, 9.17) is 16.6 Å². The van der Waals surface area contributed by atoms with Crippen LogP contribution >= 0.6 is 11.6 Å². The molecule has 0 bridgehead atoms. The Kier molecular flexibility index (Phi) is 6.83. The molecule has 0 radical (unpaired) electrons. The lowest BCUT2D eigenvalue weighted by atomic mass is 10.0. The Labute approximate surface area is 196 Å². The second kappa shape index (κ2) is 9.79. The van der Waals surface area contributed by atoms with E-state index in [1.807, 2.05) is 23.6 Å². The minimum Gasteiger partial charge on any atom is -0.352 e. The summed E-state index contributed by atoms with van der Waals surface area (Å²) in [7, 11) is 0. The summed E-state index contributed by atoms with van der Waals surface area (Å²) in [6.07, 6.45) is 5.15. The van der Waals surface area contributed by atoms with E-state index in [9.17, 15) is 13.6 Å². The lowest BCUT2D eigenvalue weighted by Gasteiger charge is -2.35. The van der Waals surface area contributed by atoms with Gasteiger partial charge in [-0.2, -0.15) is 0 Å². The second-order valence-electron chi connectivity index (χ2n) is 8.37. The predicted octanol–water partition coefficient (Wildman–Crippen LogP) is 4.83. The molecule has 1 fully saturated rings. The van der Waals surface area contributed by atoms with Crippen molar-refractivity contribution >= 4 is 23.3 Å². The van der Waals surface area contributed by atoms with E-state index >= 15 is 0 Å². The molecule has 3 heterocycles. The van der Waals surface area contributed by atoms with E-state index in [-0.39, 0.29) is 17.2 Å². The molecule has 4 rings (SSSR count). The Balaban J connectivity index is 1.67. The van der Waals surface area contributed by atoms with Gasteiger partial charge in [0.25, 0.3) is 0 Å². The van der Waals surface area contributed by atoms with Crippen LogP contribution in [0.15, 0.2) is 42.9 Å². The maximum atomic E-state index is 14.6. The number of carbonyl (C=O) groups excluding carboxylic acids is 1. The summed E-state index contributed by atoms with van der Waals surface area (Å²) in [6, 6.07) is 5.02. The average Bonchev–Trinajstić information content (AvgIpc) is 2.79. The topological polar surface area (TPSA) is 62.2 Å². The highest BCUT2D eigenvalue weighted by Crippen LogP contribution is 2.35. The second-order valence-corrected chi connectivity index (χ2v) is 8.78. The first-order valence-corrected chi connectivity index (χ1v) is 11.2. The molecule has 0 spiro atoms. The number of pyridine rings is 1. The Hall–Kier alpha value is -3.13. The number of hydrogen-bond acceptors (Lipinski definition) is 5. The fourth-order valence-corrected chi connectivity index (χ4v) is 4.04. The minimum absolute atomic E-state index is 0.127. The third kappa shape index (κ3) is 5.11. The van der Waals surface area contributed by atoms with E-state index in [1.54, 1.807) is 18.5 Å². The number of halogens is 3. The van der Waals surface area contributed by atoms with Crippen LogP contribution in [0.4, 0.5) is 14.6 Å². The molecular weight excluding hydrogens is 448 g/mol. The number of aromatic nitrogens is 3. The summed E-state index contributed by atoms with van der Waals surface area (Å²) < 4.78 is 28.1. The number of anilines is 1. The Bertz CT molecular complexity index is 1170. The number of piperazine rings is 1. The summed E-state index contributed by atoms with van der Waals surface area (Å²) in [5.41, 5.74) is 1.31. The first-order valence-electron chi connectivity index (χ1n) is 10.8. The number of rotatable bonds is 5. The van der Waals surface area contributed by atoms with Crippen molar-refractivity contribution in [1.82, 2.24) is 19.9 Å². The number of hydrogen-bond donors (Lipinski definition) is 0. The summed E-state index contributed by atoms with van der Waals surface area (Å²) in [5, 5.41) is 0.344. The van der Waals surface area contributed by atoms with Crippen molar-refractivity contribution in [3.8, 4) is 22.5 Å². The molecule has 0 saturated carbocycles. The van der Waals surface area contributed by atoms with Gasteiger partial charge >= 0.3 is 0 Å². The van der Waals surface area contributed by atoms with Crippen molar-refractivity contribution in [2.45, 2.75) is 20.3 Å². The van der Waals surface area contributed by atoms with Crippen LogP contribution in [0, 0.1) is 17.6 Å². The van der Waals surface area contributed by atoms with Crippen LogP contribution in [0.5, 0.6) is 0 Å². The van der Waals surface area contributed by atoms with Crippen LogP contribution < -0.4 is 4.90 Å². The van der Waals surface area contributed by atoms with Gasteiger partial charge < -0.3 is 9.80 Å². The van der Waals surface area contributed by atoms with Crippen LogP contribution in [0.2, 0.25) is 5.02 Å². The number of nitrogens with zero attached hydrogens (tertiary/aromatic N) is 5. The molecule has 1 amide bonds. The molecule has 172 valence electrons. The maximum Gasteiger partial charge on any atom is 0.222 e. The van der Waals surface area contributed by atoms with Crippen molar-refractivity contribution in [2.24, 2.45) is 5.92 Å².